The van der Waals surface area contributed by atoms with Crippen molar-refractivity contribution in [3.63, 3.8) is 0 Å². The topological polar surface area (TPSA) is 61.4 Å². The summed E-state index contributed by atoms with van der Waals surface area (Å²) in [5.74, 6) is 0.359. The number of thiazole rings is 1. The summed E-state index contributed by atoms with van der Waals surface area (Å²) in [5, 5.41) is 5.73. The van der Waals surface area contributed by atoms with Gasteiger partial charge in [-0.3, -0.25) is 14.7 Å². The molecule has 3 heterocycles. The second-order valence-corrected chi connectivity index (χ2v) is 8.52. The van der Waals surface area contributed by atoms with E-state index in [1.807, 2.05) is 66.0 Å². The van der Waals surface area contributed by atoms with Gasteiger partial charge in [-0.05, 0) is 49.6 Å². The van der Waals surface area contributed by atoms with Gasteiger partial charge in [0.1, 0.15) is 5.69 Å². The van der Waals surface area contributed by atoms with Crippen LogP contribution in [0.25, 0.3) is 0 Å². The molecule has 6 nitrogen and oxygen atoms in total. The molecule has 1 saturated heterocycles. The van der Waals surface area contributed by atoms with Crippen LogP contribution in [0.5, 0.6) is 0 Å². The number of aromatic nitrogens is 2. The Kier molecular flexibility index (Phi) is 6.71. The van der Waals surface area contributed by atoms with E-state index in [-0.39, 0.29) is 5.91 Å². The Morgan fingerprint density at radius 2 is 2.07 bits per heavy atom. The number of anilines is 2. The van der Waals surface area contributed by atoms with E-state index >= 15 is 0 Å². The number of rotatable bonds is 7. The molecule has 30 heavy (non-hydrogen) atoms. The second kappa shape index (κ2) is 9.82. The SMILES string of the molecule is CN(c1ccccc1)c1nc(C(=O)NC[C@@H]2CCCN(Cc3ccccn3)C2)cs1. The molecule has 0 bridgehead atoms. The normalized spacial score (nSPS) is 16.9. The summed E-state index contributed by atoms with van der Waals surface area (Å²) in [6.45, 7) is 3.61. The number of nitrogens with zero attached hydrogens (tertiary/aromatic N) is 4. The number of pyridine rings is 1. The van der Waals surface area contributed by atoms with Gasteiger partial charge in [0.05, 0.1) is 5.69 Å². The number of hydrogen-bond donors (Lipinski definition) is 1. The number of carbonyl (C=O) groups excluding carboxylic acids is 1. The van der Waals surface area contributed by atoms with Crippen LogP contribution in [0, 0.1) is 5.92 Å². The monoisotopic (exact) mass is 421 g/mol. The number of amides is 1. The van der Waals surface area contributed by atoms with Crippen molar-refractivity contribution in [1.82, 2.24) is 20.2 Å². The molecule has 1 fully saturated rings. The van der Waals surface area contributed by atoms with Crippen LogP contribution < -0.4 is 10.2 Å². The highest BCUT2D eigenvalue weighted by atomic mass is 32.1. The zero-order valence-electron chi connectivity index (χ0n) is 17.2. The largest absolute Gasteiger partial charge is 0.350 e. The summed E-state index contributed by atoms with van der Waals surface area (Å²) in [4.78, 5) is 26.0. The Labute approximate surface area is 181 Å². The molecule has 1 N–H and O–H groups in total. The third-order valence-electron chi connectivity index (χ3n) is 5.42. The maximum absolute atomic E-state index is 12.6. The molecule has 1 atom stereocenters. The van der Waals surface area contributed by atoms with Crippen LogP contribution in [0.3, 0.4) is 0 Å². The molecule has 156 valence electrons. The summed E-state index contributed by atoms with van der Waals surface area (Å²) >= 11 is 1.48. The molecule has 0 spiro atoms. The van der Waals surface area contributed by atoms with E-state index in [1.165, 1.54) is 11.3 Å². The molecule has 2 aromatic heterocycles. The Morgan fingerprint density at radius 3 is 2.87 bits per heavy atom. The summed E-state index contributed by atoms with van der Waals surface area (Å²) in [7, 11) is 1.97. The molecule has 7 heteroatoms. The van der Waals surface area contributed by atoms with Gasteiger partial charge in [0.15, 0.2) is 5.13 Å². The van der Waals surface area contributed by atoms with Gasteiger partial charge in [-0.2, -0.15) is 0 Å². The lowest BCUT2D eigenvalue weighted by Crippen LogP contribution is -2.40. The molecule has 1 amide bonds. The van der Waals surface area contributed by atoms with Gasteiger partial charge in [-0.25, -0.2) is 4.98 Å². The lowest BCUT2D eigenvalue weighted by Gasteiger charge is -2.32. The lowest BCUT2D eigenvalue weighted by atomic mass is 9.98. The third-order valence-corrected chi connectivity index (χ3v) is 6.34. The minimum absolute atomic E-state index is 0.0965. The molecule has 0 unspecified atom stereocenters. The fraction of sp³-hybridized carbons (Fsp3) is 0.348. The highest BCUT2D eigenvalue weighted by Gasteiger charge is 2.22. The minimum Gasteiger partial charge on any atom is -0.350 e. The Morgan fingerprint density at radius 1 is 1.23 bits per heavy atom. The number of carbonyl (C=O) groups is 1. The molecule has 0 saturated carbocycles. The van der Waals surface area contributed by atoms with Crippen molar-refractivity contribution >= 4 is 28.1 Å². The van der Waals surface area contributed by atoms with Gasteiger partial charge in [0, 0.05) is 43.9 Å². The van der Waals surface area contributed by atoms with Crippen molar-refractivity contribution < 1.29 is 4.79 Å². The van der Waals surface area contributed by atoms with E-state index in [9.17, 15) is 4.79 Å². The average molecular weight is 422 g/mol. The fourth-order valence-corrected chi connectivity index (χ4v) is 4.59. The van der Waals surface area contributed by atoms with Crippen LogP contribution in [0.2, 0.25) is 0 Å². The molecule has 1 aromatic carbocycles. The quantitative estimate of drug-likeness (QED) is 0.626. The van der Waals surface area contributed by atoms with Crippen molar-refractivity contribution in [2.45, 2.75) is 19.4 Å². The molecule has 0 aliphatic carbocycles. The van der Waals surface area contributed by atoms with Gasteiger partial charge in [0.2, 0.25) is 0 Å². The van der Waals surface area contributed by atoms with Crippen LogP contribution in [0.4, 0.5) is 10.8 Å². The van der Waals surface area contributed by atoms with Crippen molar-refractivity contribution in [2.24, 2.45) is 5.92 Å². The molecule has 1 aliphatic rings. The van der Waals surface area contributed by atoms with E-state index < -0.39 is 0 Å². The molecule has 1 aliphatic heterocycles. The molecular formula is C23H27N5OS. The van der Waals surface area contributed by atoms with E-state index in [0.29, 0.717) is 18.2 Å². The smallest absolute Gasteiger partial charge is 0.270 e. The van der Waals surface area contributed by atoms with E-state index in [0.717, 1.165) is 49.0 Å². The third kappa shape index (κ3) is 5.23. The van der Waals surface area contributed by atoms with Crippen LogP contribution in [0.1, 0.15) is 29.0 Å². The highest BCUT2D eigenvalue weighted by Crippen LogP contribution is 2.26. The maximum atomic E-state index is 12.6. The predicted octanol–water partition coefficient (Wildman–Crippen LogP) is 3.95. The first-order chi connectivity index (χ1) is 14.7. The molecule has 4 rings (SSSR count). The zero-order chi connectivity index (χ0) is 20.8. The Bertz CT molecular complexity index is 946. The van der Waals surface area contributed by atoms with Gasteiger partial charge in [-0.1, -0.05) is 24.3 Å². The number of para-hydroxylation sites is 1. The van der Waals surface area contributed by atoms with Crippen LogP contribution in [-0.2, 0) is 6.54 Å². The van der Waals surface area contributed by atoms with Crippen LogP contribution >= 0.6 is 11.3 Å². The maximum Gasteiger partial charge on any atom is 0.270 e. The van der Waals surface area contributed by atoms with Crippen LogP contribution in [0.15, 0.2) is 60.1 Å². The lowest BCUT2D eigenvalue weighted by molar-refractivity contribution is 0.0926. The van der Waals surface area contributed by atoms with Crippen molar-refractivity contribution in [3.8, 4) is 0 Å². The van der Waals surface area contributed by atoms with Crippen molar-refractivity contribution in [1.29, 1.82) is 0 Å². The first-order valence-electron chi connectivity index (χ1n) is 10.3. The number of nitrogens with one attached hydrogen (secondary N) is 1. The molecule has 3 aromatic rings. The second-order valence-electron chi connectivity index (χ2n) is 7.68. The highest BCUT2D eigenvalue weighted by molar-refractivity contribution is 7.14. The van der Waals surface area contributed by atoms with Crippen molar-refractivity contribution in [2.75, 3.05) is 31.6 Å². The Balaban J connectivity index is 1.29. The van der Waals surface area contributed by atoms with E-state index in [2.05, 4.69) is 26.3 Å². The molecular weight excluding hydrogens is 394 g/mol. The number of benzene rings is 1. The van der Waals surface area contributed by atoms with Gasteiger partial charge < -0.3 is 10.2 Å². The standard InChI is InChI=1S/C23H27N5OS/c1-27(20-10-3-2-4-11-20)23-26-21(17-30-23)22(29)25-14-18-8-7-13-28(15-18)16-19-9-5-6-12-24-19/h2-6,9-12,17-18H,7-8,13-16H2,1H3,(H,25,29)/t18-/m0/s1. The summed E-state index contributed by atoms with van der Waals surface area (Å²) in [6, 6.07) is 16.1. The van der Waals surface area contributed by atoms with E-state index in [1.54, 1.807) is 0 Å². The number of piperidine rings is 1. The summed E-state index contributed by atoms with van der Waals surface area (Å²) in [6.07, 6.45) is 4.13. The Hall–Kier alpha value is -2.77. The minimum atomic E-state index is -0.0965. The van der Waals surface area contributed by atoms with Crippen molar-refractivity contribution in [3.05, 3.63) is 71.5 Å². The number of hydrogen-bond acceptors (Lipinski definition) is 6. The summed E-state index contributed by atoms with van der Waals surface area (Å²) < 4.78 is 0. The van der Waals surface area contributed by atoms with E-state index in [4.69, 9.17) is 0 Å². The fourth-order valence-electron chi connectivity index (χ4n) is 3.79. The summed E-state index contributed by atoms with van der Waals surface area (Å²) in [5.41, 5.74) is 2.63. The predicted molar refractivity (Wildman–Crippen MR) is 121 cm³/mol. The molecule has 0 radical (unpaired) electrons. The van der Waals surface area contributed by atoms with Gasteiger partial charge >= 0.3 is 0 Å². The zero-order valence-corrected chi connectivity index (χ0v) is 18.0. The first kappa shape index (κ1) is 20.5. The van der Waals surface area contributed by atoms with Gasteiger partial charge in [0.25, 0.3) is 5.91 Å². The average Bonchev–Trinajstić information content (AvgIpc) is 3.29. The van der Waals surface area contributed by atoms with Gasteiger partial charge in [-0.15, -0.1) is 11.3 Å². The van der Waals surface area contributed by atoms with Crippen LogP contribution in [-0.4, -0.2) is 47.5 Å². The first-order valence-corrected chi connectivity index (χ1v) is 11.2. The number of likely N-dealkylation sites (tertiary alicyclic amines) is 1.